The van der Waals surface area contributed by atoms with Crippen LogP contribution in [0, 0.1) is 0 Å². The summed E-state index contributed by atoms with van der Waals surface area (Å²) in [6.45, 7) is 1.17. The fraction of sp³-hybridized carbons (Fsp3) is 0.286. The van der Waals surface area contributed by atoms with E-state index in [0.29, 0.717) is 18.6 Å². The standard InChI is InChI=1S/C21H21BrN2O5/c1-13(14-2-5-16(22)6-3-14)23-20(26)11-29-21(27)12-28-17-7-8-18-15(10-17)4-9-19(25)24-18/h2-3,5-8,10,13H,4,9,11-12H2,1H3,(H,23,26)(H,24,25)/t13-/m0/s1. The van der Waals surface area contributed by atoms with Crippen molar-refractivity contribution in [1.82, 2.24) is 5.32 Å². The average molecular weight is 461 g/mol. The van der Waals surface area contributed by atoms with Gasteiger partial charge in [0.1, 0.15) is 5.75 Å². The summed E-state index contributed by atoms with van der Waals surface area (Å²) in [7, 11) is 0. The predicted octanol–water partition coefficient (Wildman–Crippen LogP) is 3.13. The molecule has 0 unspecified atom stereocenters. The molecule has 1 heterocycles. The van der Waals surface area contributed by atoms with Gasteiger partial charge in [0.15, 0.2) is 13.2 Å². The number of halogens is 1. The lowest BCUT2D eigenvalue weighted by Gasteiger charge is -2.17. The molecule has 7 nitrogen and oxygen atoms in total. The van der Waals surface area contributed by atoms with Gasteiger partial charge in [0.2, 0.25) is 5.91 Å². The highest BCUT2D eigenvalue weighted by Crippen LogP contribution is 2.26. The second-order valence-corrected chi connectivity index (χ2v) is 7.57. The highest BCUT2D eigenvalue weighted by Gasteiger charge is 2.16. The summed E-state index contributed by atoms with van der Waals surface area (Å²) < 4.78 is 11.4. The van der Waals surface area contributed by atoms with Crippen molar-refractivity contribution in [3.63, 3.8) is 0 Å². The second kappa shape index (κ2) is 9.56. The minimum atomic E-state index is -0.637. The first-order valence-corrected chi connectivity index (χ1v) is 9.96. The van der Waals surface area contributed by atoms with Crippen molar-refractivity contribution < 1.29 is 23.9 Å². The number of hydrogen-bond acceptors (Lipinski definition) is 5. The van der Waals surface area contributed by atoms with Crippen molar-refractivity contribution in [2.24, 2.45) is 0 Å². The molecule has 2 aromatic rings. The maximum atomic E-state index is 12.0. The topological polar surface area (TPSA) is 93.7 Å². The summed E-state index contributed by atoms with van der Waals surface area (Å²) in [4.78, 5) is 35.2. The number of ether oxygens (including phenoxy) is 2. The quantitative estimate of drug-likeness (QED) is 0.619. The van der Waals surface area contributed by atoms with Crippen LogP contribution in [0.1, 0.15) is 30.5 Å². The van der Waals surface area contributed by atoms with Gasteiger partial charge in [-0.2, -0.15) is 0 Å². The number of anilines is 1. The van der Waals surface area contributed by atoms with E-state index in [-0.39, 0.29) is 25.2 Å². The Kier molecular flexibility index (Phi) is 6.87. The van der Waals surface area contributed by atoms with Crippen molar-refractivity contribution in [3.05, 3.63) is 58.1 Å². The molecule has 0 fully saturated rings. The van der Waals surface area contributed by atoms with Crippen LogP contribution in [0.2, 0.25) is 0 Å². The molecule has 0 spiro atoms. The second-order valence-electron chi connectivity index (χ2n) is 6.66. The van der Waals surface area contributed by atoms with Crippen LogP contribution >= 0.6 is 15.9 Å². The third kappa shape index (κ3) is 6.05. The van der Waals surface area contributed by atoms with Crippen molar-refractivity contribution in [1.29, 1.82) is 0 Å². The Morgan fingerprint density at radius 1 is 1.14 bits per heavy atom. The van der Waals surface area contributed by atoms with E-state index in [1.54, 1.807) is 18.2 Å². The number of rotatable bonds is 7. The monoisotopic (exact) mass is 460 g/mol. The number of aryl methyl sites for hydroxylation is 1. The van der Waals surface area contributed by atoms with E-state index in [0.717, 1.165) is 21.3 Å². The molecule has 152 valence electrons. The van der Waals surface area contributed by atoms with E-state index in [4.69, 9.17) is 9.47 Å². The van der Waals surface area contributed by atoms with Gasteiger partial charge in [-0.25, -0.2) is 4.79 Å². The predicted molar refractivity (Wildman–Crippen MR) is 111 cm³/mol. The third-order valence-electron chi connectivity index (χ3n) is 4.44. The normalized spacial score (nSPS) is 13.7. The Morgan fingerprint density at radius 2 is 1.90 bits per heavy atom. The lowest BCUT2D eigenvalue weighted by molar-refractivity contribution is -0.150. The molecule has 0 saturated heterocycles. The number of hydrogen-bond donors (Lipinski definition) is 2. The van der Waals surface area contributed by atoms with Crippen LogP contribution < -0.4 is 15.4 Å². The molecule has 0 bridgehead atoms. The number of benzene rings is 2. The van der Waals surface area contributed by atoms with Crippen molar-refractivity contribution in [3.8, 4) is 5.75 Å². The number of carbonyl (C=O) groups excluding carboxylic acids is 3. The van der Waals surface area contributed by atoms with Crippen molar-refractivity contribution in [2.75, 3.05) is 18.5 Å². The minimum Gasteiger partial charge on any atom is -0.482 e. The van der Waals surface area contributed by atoms with Gasteiger partial charge in [-0.05, 0) is 54.8 Å². The van der Waals surface area contributed by atoms with Gasteiger partial charge in [0.25, 0.3) is 5.91 Å². The van der Waals surface area contributed by atoms with E-state index in [1.807, 2.05) is 31.2 Å². The van der Waals surface area contributed by atoms with E-state index >= 15 is 0 Å². The first-order valence-electron chi connectivity index (χ1n) is 9.17. The lowest BCUT2D eigenvalue weighted by Crippen LogP contribution is -2.31. The minimum absolute atomic E-state index is 0.0116. The molecule has 1 aliphatic heterocycles. The number of fused-ring (bicyclic) bond motifs is 1. The molecule has 8 heteroatoms. The van der Waals surface area contributed by atoms with Gasteiger partial charge < -0.3 is 20.1 Å². The highest BCUT2D eigenvalue weighted by atomic mass is 79.9. The van der Waals surface area contributed by atoms with Gasteiger partial charge in [0.05, 0.1) is 6.04 Å². The average Bonchev–Trinajstić information content (AvgIpc) is 2.71. The fourth-order valence-corrected chi connectivity index (χ4v) is 3.16. The van der Waals surface area contributed by atoms with E-state index in [1.165, 1.54) is 0 Å². The summed E-state index contributed by atoms with van der Waals surface area (Å²) in [5.41, 5.74) is 2.66. The molecule has 2 N–H and O–H groups in total. The number of amides is 2. The number of nitrogens with one attached hydrogen (secondary N) is 2. The summed E-state index contributed by atoms with van der Waals surface area (Å²) in [6, 6.07) is 12.6. The largest absolute Gasteiger partial charge is 0.482 e. The SMILES string of the molecule is C[C@H](NC(=O)COC(=O)COc1ccc2c(c1)CCC(=O)N2)c1ccc(Br)cc1. The van der Waals surface area contributed by atoms with Gasteiger partial charge in [-0.1, -0.05) is 28.1 Å². The van der Waals surface area contributed by atoms with Crippen LogP contribution in [0.5, 0.6) is 5.75 Å². The molecule has 3 rings (SSSR count). The third-order valence-corrected chi connectivity index (χ3v) is 4.97. The van der Waals surface area contributed by atoms with Crippen LogP contribution in [0.3, 0.4) is 0 Å². The smallest absolute Gasteiger partial charge is 0.344 e. The molecular formula is C21H21BrN2O5. The molecule has 1 atom stereocenters. The Morgan fingerprint density at radius 3 is 2.66 bits per heavy atom. The molecular weight excluding hydrogens is 440 g/mol. The van der Waals surface area contributed by atoms with E-state index in [9.17, 15) is 14.4 Å². The maximum Gasteiger partial charge on any atom is 0.344 e. The van der Waals surface area contributed by atoms with Gasteiger partial charge in [-0.15, -0.1) is 0 Å². The first-order chi connectivity index (χ1) is 13.9. The molecule has 0 aromatic heterocycles. The van der Waals surface area contributed by atoms with Crippen molar-refractivity contribution >= 4 is 39.4 Å². The number of esters is 1. The van der Waals surface area contributed by atoms with Crippen LogP contribution in [0.25, 0.3) is 0 Å². The highest BCUT2D eigenvalue weighted by molar-refractivity contribution is 9.10. The Labute approximate surface area is 176 Å². The lowest BCUT2D eigenvalue weighted by atomic mass is 10.0. The van der Waals surface area contributed by atoms with Crippen molar-refractivity contribution in [2.45, 2.75) is 25.8 Å². The molecule has 0 radical (unpaired) electrons. The molecule has 2 aromatic carbocycles. The van der Waals surface area contributed by atoms with E-state index in [2.05, 4.69) is 26.6 Å². The zero-order valence-corrected chi connectivity index (χ0v) is 17.5. The molecule has 0 saturated carbocycles. The molecule has 0 aliphatic carbocycles. The Bertz CT molecular complexity index is 914. The van der Waals surface area contributed by atoms with Crippen LogP contribution in [0.15, 0.2) is 46.9 Å². The Balaban J connectivity index is 1.41. The fourth-order valence-electron chi connectivity index (χ4n) is 2.90. The summed E-state index contributed by atoms with van der Waals surface area (Å²) in [5, 5.41) is 5.56. The van der Waals surface area contributed by atoms with Gasteiger partial charge >= 0.3 is 5.97 Å². The van der Waals surface area contributed by atoms with Gasteiger partial charge in [0, 0.05) is 16.6 Å². The zero-order chi connectivity index (χ0) is 20.8. The van der Waals surface area contributed by atoms with Crippen LogP contribution in [-0.2, 0) is 25.5 Å². The Hall–Kier alpha value is -2.87. The van der Waals surface area contributed by atoms with E-state index < -0.39 is 11.9 Å². The van der Waals surface area contributed by atoms with Crippen LogP contribution in [-0.4, -0.2) is 31.0 Å². The molecule has 29 heavy (non-hydrogen) atoms. The first kappa shape index (κ1) is 20.9. The van der Waals surface area contributed by atoms with Gasteiger partial charge in [-0.3, -0.25) is 9.59 Å². The maximum absolute atomic E-state index is 12.0. The number of carbonyl (C=O) groups is 3. The zero-order valence-electron chi connectivity index (χ0n) is 15.9. The summed E-state index contributed by atoms with van der Waals surface area (Å²) in [5.74, 6) is -0.534. The summed E-state index contributed by atoms with van der Waals surface area (Å²) >= 11 is 3.36. The summed E-state index contributed by atoms with van der Waals surface area (Å²) in [6.07, 6.45) is 1.05. The molecule has 1 aliphatic rings. The molecule has 2 amide bonds. The van der Waals surface area contributed by atoms with Crippen LogP contribution in [0.4, 0.5) is 5.69 Å².